The molecule has 0 bridgehead atoms. The van der Waals surface area contributed by atoms with Crippen LogP contribution in [0.4, 0.5) is 16.6 Å². The van der Waals surface area contributed by atoms with E-state index in [1.165, 1.54) is 0 Å². The number of carbonyl (C=O) groups is 2. The fourth-order valence-corrected chi connectivity index (χ4v) is 4.14. The Morgan fingerprint density at radius 1 is 0.971 bits per heavy atom. The lowest BCUT2D eigenvalue weighted by Crippen LogP contribution is -2.12. The Balaban J connectivity index is 1.51. The number of anilines is 3. The SMILES string of the molecule is CCOC(=O)c1sc(NC(=O)c2cccc(Nc3cc(-c4ccccc4)nc(C)n3)c2)nc1C. The molecule has 2 heterocycles. The maximum absolute atomic E-state index is 12.8. The van der Waals surface area contributed by atoms with Crippen molar-refractivity contribution >= 4 is 39.9 Å². The van der Waals surface area contributed by atoms with Crippen molar-refractivity contribution < 1.29 is 14.3 Å². The Hall–Kier alpha value is -4.11. The summed E-state index contributed by atoms with van der Waals surface area (Å²) < 4.78 is 5.03. The molecular weight excluding hydrogens is 450 g/mol. The van der Waals surface area contributed by atoms with Crippen molar-refractivity contribution in [2.45, 2.75) is 20.8 Å². The Kier molecular flexibility index (Phi) is 6.93. The maximum atomic E-state index is 12.8. The number of hydrogen-bond acceptors (Lipinski definition) is 8. The number of carbonyl (C=O) groups excluding carboxylic acids is 2. The van der Waals surface area contributed by atoms with Crippen LogP contribution in [0.15, 0.2) is 60.7 Å². The van der Waals surface area contributed by atoms with Crippen LogP contribution in [0.1, 0.15) is 38.5 Å². The van der Waals surface area contributed by atoms with Crippen LogP contribution in [-0.4, -0.2) is 33.4 Å². The second-order valence-corrected chi connectivity index (χ2v) is 8.36. The van der Waals surface area contributed by atoms with Gasteiger partial charge in [0.25, 0.3) is 5.91 Å². The number of nitrogens with one attached hydrogen (secondary N) is 2. The first-order chi connectivity index (χ1) is 16.4. The van der Waals surface area contributed by atoms with E-state index in [0.717, 1.165) is 22.6 Å². The summed E-state index contributed by atoms with van der Waals surface area (Å²) in [6, 6.07) is 18.8. The molecule has 0 fully saturated rings. The molecule has 0 aliphatic carbocycles. The van der Waals surface area contributed by atoms with E-state index in [4.69, 9.17) is 4.74 Å². The van der Waals surface area contributed by atoms with Gasteiger partial charge in [0.05, 0.1) is 18.0 Å². The molecule has 8 nitrogen and oxygen atoms in total. The monoisotopic (exact) mass is 473 g/mol. The molecule has 0 radical (unpaired) electrons. The minimum absolute atomic E-state index is 0.274. The van der Waals surface area contributed by atoms with Crippen molar-refractivity contribution in [3.63, 3.8) is 0 Å². The normalized spacial score (nSPS) is 10.6. The molecule has 34 heavy (non-hydrogen) atoms. The second-order valence-electron chi connectivity index (χ2n) is 7.37. The zero-order chi connectivity index (χ0) is 24.1. The highest BCUT2D eigenvalue weighted by Crippen LogP contribution is 2.25. The summed E-state index contributed by atoms with van der Waals surface area (Å²) in [7, 11) is 0. The van der Waals surface area contributed by atoms with Crippen LogP contribution in [0, 0.1) is 13.8 Å². The van der Waals surface area contributed by atoms with E-state index >= 15 is 0 Å². The Morgan fingerprint density at radius 3 is 2.53 bits per heavy atom. The molecule has 4 aromatic rings. The highest BCUT2D eigenvalue weighted by molar-refractivity contribution is 7.17. The first kappa shape index (κ1) is 23.1. The lowest BCUT2D eigenvalue weighted by molar-refractivity contribution is 0.0531. The predicted octanol–water partition coefficient (Wildman–Crippen LogP) is 5.39. The molecule has 2 N–H and O–H groups in total. The lowest BCUT2D eigenvalue weighted by atomic mass is 10.1. The van der Waals surface area contributed by atoms with Crippen LogP contribution < -0.4 is 10.6 Å². The van der Waals surface area contributed by atoms with Gasteiger partial charge < -0.3 is 10.1 Å². The Morgan fingerprint density at radius 2 is 1.76 bits per heavy atom. The van der Waals surface area contributed by atoms with Crippen molar-refractivity contribution in [2.75, 3.05) is 17.2 Å². The molecule has 4 rings (SSSR count). The molecule has 2 aromatic heterocycles. The molecule has 0 unspecified atom stereocenters. The number of thiazole rings is 1. The van der Waals surface area contributed by atoms with E-state index in [-0.39, 0.29) is 12.5 Å². The molecule has 0 aliphatic rings. The van der Waals surface area contributed by atoms with Gasteiger partial charge in [-0.3, -0.25) is 10.1 Å². The van der Waals surface area contributed by atoms with E-state index in [9.17, 15) is 9.59 Å². The van der Waals surface area contributed by atoms with Gasteiger partial charge in [-0.25, -0.2) is 19.7 Å². The third kappa shape index (κ3) is 5.44. The van der Waals surface area contributed by atoms with Gasteiger partial charge in [-0.1, -0.05) is 47.7 Å². The van der Waals surface area contributed by atoms with Gasteiger partial charge in [0.15, 0.2) is 5.13 Å². The second kappa shape index (κ2) is 10.2. The maximum Gasteiger partial charge on any atom is 0.350 e. The molecule has 0 spiro atoms. The van der Waals surface area contributed by atoms with Crippen LogP contribution in [0.5, 0.6) is 0 Å². The zero-order valence-corrected chi connectivity index (χ0v) is 19.8. The molecular formula is C25H23N5O3S. The molecule has 172 valence electrons. The average Bonchev–Trinajstić information content (AvgIpc) is 3.19. The van der Waals surface area contributed by atoms with Crippen LogP contribution in [0.3, 0.4) is 0 Å². The summed E-state index contributed by atoms with van der Waals surface area (Å²) in [5, 5.41) is 6.34. The third-order valence-electron chi connectivity index (χ3n) is 4.78. The number of aromatic nitrogens is 3. The van der Waals surface area contributed by atoms with E-state index < -0.39 is 5.97 Å². The van der Waals surface area contributed by atoms with Gasteiger partial charge >= 0.3 is 5.97 Å². The topological polar surface area (TPSA) is 106 Å². The number of aryl methyl sites for hydroxylation is 2. The third-order valence-corrected chi connectivity index (χ3v) is 5.84. The van der Waals surface area contributed by atoms with Gasteiger partial charge in [0.2, 0.25) is 0 Å². The largest absolute Gasteiger partial charge is 0.462 e. The van der Waals surface area contributed by atoms with Gasteiger partial charge in [-0.15, -0.1) is 0 Å². The molecule has 1 amide bonds. The van der Waals surface area contributed by atoms with Gasteiger partial charge in [0, 0.05) is 22.9 Å². The molecule has 2 aromatic carbocycles. The number of benzene rings is 2. The number of rotatable bonds is 7. The molecule has 9 heteroatoms. The zero-order valence-electron chi connectivity index (χ0n) is 19.0. The van der Waals surface area contributed by atoms with E-state index in [0.29, 0.717) is 38.6 Å². The van der Waals surface area contributed by atoms with Crippen LogP contribution in [0.2, 0.25) is 0 Å². The van der Waals surface area contributed by atoms with Crippen LogP contribution >= 0.6 is 11.3 Å². The molecule has 0 saturated heterocycles. The highest BCUT2D eigenvalue weighted by Gasteiger charge is 2.18. The minimum Gasteiger partial charge on any atom is -0.462 e. The number of nitrogens with zero attached hydrogens (tertiary/aromatic N) is 3. The summed E-state index contributed by atoms with van der Waals surface area (Å²) in [5.74, 6) is 0.476. The van der Waals surface area contributed by atoms with E-state index in [1.807, 2.05) is 49.4 Å². The van der Waals surface area contributed by atoms with E-state index in [2.05, 4.69) is 25.6 Å². The van der Waals surface area contributed by atoms with Crippen molar-refractivity contribution in [3.05, 3.63) is 82.6 Å². The van der Waals surface area contributed by atoms with Crippen molar-refractivity contribution in [3.8, 4) is 11.3 Å². The number of esters is 1. The summed E-state index contributed by atoms with van der Waals surface area (Å²) in [6.45, 7) is 5.55. The number of hydrogen-bond donors (Lipinski definition) is 2. The summed E-state index contributed by atoms with van der Waals surface area (Å²) in [5.41, 5.74) is 3.45. The molecule has 0 atom stereocenters. The molecule has 0 saturated carbocycles. The fourth-order valence-electron chi connectivity index (χ4n) is 3.28. The lowest BCUT2D eigenvalue weighted by Gasteiger charge is -2.10. The van der Waals surface area contributed by atoms with Crippen molar-refractivity contribution in [1.29, 1.82) is 0 Å². The number of ether oxygens (including phenoxy) is 1. The van der Waals surface area contributed by atoms with Crippen molar-refractivity contribution in [2.24, 2.45) is 0 Å². The van der Waals surface area contributed by atoms with Gasteiger partial charge in [-0.05, 0) is 39.0 Å². The van der Waals surface area contributed by atoms with Crippen LogP contribution in [-0.2, 0) is 4.74 Å². The van der Waals surface area contributed by atoms with Gasteiger partial charge in [0.1, 0.15) is 16.5 Å². The first-order valence-electron chi connectivity index (χ1n) is 10.7. The average molecular weight is 474 g/mol. The fraction of sp³-hybridized carbons (Fsp3) is 0.160. The van der Waals surface area contributed by atoms with Crippen molar-refractivity contribution in [1.82, 2.24) is 15.0 Å². The summed E-state index contributed by atoms with van der Waals surface area (Å²) in [4.78, 5) is 38.5. The van der Waals surface area contributed by atoms with Crippen LogP contribution in [0.25, 0.3) is 11.3 Å². The smallest absolute Gasteiger partial charge is 0.350 e. The Labute approximate surface area is 201 Å². The highest BCUT2D eigenvalue weighted by atomic mass is 32.1. The quantitative estimate of drug-likeness (QED) is 0.347. The summed E-state index contributed by atoms with van der Waals surface area (Å²) >= 11 is 1.09. The van der Waals surface area contributed by atoms with E-state index in [1.54, 1.807) is 32.0 Å². The standard InChI is InChI=1S/C25H23N5O3S/c1-4-33-24(32)22-15(2)26-25(34-22)30-23(31)18-11-8-12-19(13-18)29-21-14-20(27-16(3)28-21)17-9-6-5-7-10-17/h5-14H,4H2,1-3H3,(H,26,30,31)(H,27,28,29). The Bertz CT molecular complexity index is 1340. The molecule has 0 aliphatic heterocycles. The summed E-state index contributed by atoms with van der Waals surface area (Å²) in [6.07, 6.45) is 0. The van der Waals surface area contributed by atoms with Gasteiger partial charge in [-0.2, -0.15) is 0 Å². The predicted molar refractivity (Wildman–Crippen MR) is 133 cm³/mol. The minimum atomic E-state index is -0.445. The number of amides is 1. The first-order valence-corrected chi connectivity index (χ1v) is 11.5.